The molecule has 10 heteroatoms. The lowest BCUT2D eigenvalue weighted by Crippen LogP contribution is -2.35. The molecule has 1 aliphatic heterocycles. The Balaban J connectivity index is 1.58. The monoisotopic (exact) mass is 490 g/mol. The van der Waals surface area contributed by atoms with Gasteiger partial charge in [-0.1, -0.05) is 18.6 Å². The average molecular weight is 491 g/mol. The van der Waals surface area contributed by atoms with Crippen LogP contribution in [0, 0.1) is 13.8 Å². The van der Waals surface area contributed by atoms with Crippen LogP contribution in [0.2, 0.25) is 0 Å². The van der Waals surface area contributed by atoms with Crippen molar-refractivity contribution in [3.8, 4) is 11.5 Å². The second-order valence-electron chi connectivity index (χ2n) is 8.10. The lowest BCUT2D eigenvalue weighted by Gasteiger charge is -2.26. The van der Waals surface area contributed by atoms with E-state index in [1.54, 1.807) is 0 Å². The first kappa shape index (κ1) is 25.5. The summed E-state index contributed by atoms with van der Waals surface area (Å²) in [6.45, 7) is 3.80. The summed E-state index contributed by atoms with van der Waals surface area (Å²) in [6.07, 6.45) is 2.60. The molecule has 1 amide bonds. The summed E-state index contributed by atoms with van der Waals surface area (Å²) < 4.78 is 43.3. The molecule has 1 fully saturated rings. The molecule has 184 valence electrons. The van der Waals surface area contributed by atoms with E-state index < -0.39 is 28.5 Å². The number of esters is 1. The van der Waals surface area contributed by atoms with Crippen molar-refractivity contribution in [1.82, 2.24) is 4.31 Å². The summed E-state index contributed by atoms with van der Waals surface area (Å²) in [5.74, 6) is -0.536. The lowest BCUT2D eigenvalue weighted by atomic mass is 10.1. The molecule has 0 spiro atoms. The van der Waals surface area contributed by atoms with Gasteiger partial charge in [0.2, 0.25) is 10.0 Å². The number of sulfonamides is 1. The van der Waals surface area contributed by atoms with E-state index in [1.807, 2.05) is 32.0 Å². The number of piperidine rings is 1. The third-order valence-electron chi connectivity index (χ3n) is 5.43. The van der Waals surface area contributed by atoms with Crippen LogP contribution < -0.4 is 14.8 Å². The zero-order valence-electron chi connectivity index (χ0n) is 19.6. The molecule has 0 radical (unpaired) electrons. The summed E-state index contributed by atoms with van der Waals surface area (Å²) in [5.41, 5.74) is 2.13. The van der Waals surface area contributed by atoms with Gasteiger partial charge in [0.25, 0.3) is 5.91 Å². The highest BCUT2D eigenvalue weighted by molar-refractivity contribution is 7.89. The minimum Gasteiger partial charge on any atom is -0.495 e. The number of hydrogen-bond donors (Lipinski definition) is 1. The van der Waals surface area contributed by atoms with E-state index in [0.29, 0.717) is 18.8 Å². The molecular weight excluding hydrogens is 460 g/mol. The summed E-state index contributed by atoms with van der Waals surface area (Å²) in [5, 5.41) is 2.56. The predicted molar refractivity (Wildman–Crippen MR) is 127 cm³/mol. The van der Waals surface area contributed by atoms with E-state index in [2.05, 4.69) is 5.32 Å². The number of ether oxygens (including phenoxy) is 3. The molecule has 0 aromatic heterocycles. The number of nitrogens with one attached hydrogen (secondary N) is 1. The number of rotatable bonds is 9. The van der Waals surface area contributed by atoms with E-state index in [0.717, 1.165) is 30.4 Å². The summed E-state index contributed by atoms with van der Waals surface area (Å²) >= 11 is 0. The van der Waals surface area contributed by atoms with E-state index >= 15 is 0 Å². The van der Waals surface area contributed by atoms with Crippen molar-refractivity contribution in [3.63, 3.8) is 0 Å². The maximum absolute atomic E-state index is 13.1. The second-order valence-corrected chi connectivity index (χ2v) is 10.0. The molecule has 1 N–H and O–H groups in total. The minimum absolute atomic E-state index is 0.0198. The molecule has 0 bridgehead atoms. The molecule has 9 nitrogen and oxygen atoms in total. The Kier molecular flexibility index (Phi) is 8.51. The van der Waals surface area contributed by atoms with E-state index in [-0.39, 0.29) is 22.9 Å². The first-order chi connectivity index (χ1) is 16.2. The van der Waals surface area contributed by atoms with Crippen molar-refractivity contribution in [3.05, 3.63) is 47.5 Å². The normalized spacial score (nSPS) is 14.3. The van der Waals surface area contributed by atoms with Crippen LogP contribution in [-0.2, 0) is 24.3 Å². The standard InChI is InChI=1S/C24H30N2O7S/c1-17-7-8-18(2)21(13-17)32-16-24(28)33-15-23(27)25-19-9-10-20(31-3)22(14-19)34(29,30)26-11-5-4-6-12-26/h7-10,13-14H,4-6,11-12,15-16H2,1-3H3,(H,25,27). The number of nitrogens with zero attached hydrogens (tertiary/aromatic N) is 1. The zero-order valence-corrected chi connectivity index (χ0v) is 20.4. The Morgan fingerprint density at radius 3 is 2.41 bits per heavy atom. The maximum Gasteiger partial charge on any atom is 0.344 e. The Labute approximate surface area is 200 Å². The van der Waals surface area contributed by atoms with Gasteiger partial charge in [-0.15, -0.1) is 0 Å². The third-order valence-corrected chi connectivity index (χ3v) is 7.35. The Morgan fingerprint density at radius 1 is 0.971 bits per heavy atom. The number of hydrogen-bond acceptors (Lipinski definition) is 7. The number of benzene rings is 2. The Bertz CT molecular complexity index is 1140. The van der Waals surface area contributed by atoms with Crippen LogP contribution in [0.1, 0.15) is 30.4 Å². The molecule has 1 saturated heterocycles. The van der Waals surface area contributed by atoms with Gasteiger partial charge < -0.3 is 19.5 Å². The van der Waals surface area contributed by atoms with Crippen LogP contribution in [0.25, 0.3) is 0 Å². The molecule has 1 aliphatic rings. The largest absolute Gasteiger partial charge is 0.495 e. The highest BCUT2D eigenvalue weighted by Crippen LogP contribution is 2.31. The number of anilines is 1. The van der Waals surface area contributed by atoms with Crippen molar-refractivity contribution in [1.29, 1.82) is 0 Å². The van der Waals surface area contributed by atoms with Gasteiger partial charge >= 0.3 is 5.97 Å². The van der Waals surface area contributed by atoms with Crippen molar-refractivity contribution in [2.45, 2.75) is 38.0 Å². The Hall–Kier alpha value is -3.11. The number of aryl methyl sites for hydroxylation is 2. The molecule has 0 unspecified atom stereocenters. The number of methoxy groups -OCH3 is 1. The van der Waals surface area contributed by atoms with Crippen molar-refractivity contribution < 1.29 is 32.2 Å². The number of amides is 1. The smallest absolute Gasteiger partial charge is 0.344 e. The van der Waals surface area contributed by atoms with E-state index in [9.17, 15) is 18.0 Å². The van der Waals surface area contributed by atoms with Crippen LogP contribution in [0.4, 0.5) is 5.69 Å². The fraction of sp³-hybridized carbons (Fsp3) is 0.417. The zero-order chi connectivity index (χ0) is 24.7. The summed E-state index contributed by atoms with van der Waals surface area (Å²) in [6, 6.07) is 10.00. The molecular formula is C24H30N2O7S. The fourth-order valence-electron chi connectivity index (χ4n) is 3.58. The minimum atomic E-state index is -3.77. The quantitative estimate of drug-likeness (QED) is 0.538. The second kappa shape index (κ2) is 11.3. The molecule has 0 saturated carbocycles. The van der Waals surface area contributed by atoms with Crippen molar-refractivity contribution in [2.24, 2.45) is 0 Å². The average Bonchev–Trinajstić information content (AvgIpc) is 2.83. The highest BCUT2D eigenvalue weighted by atomic mass is 32.2. The van der Waals surface area contributed by atoms with Crippen LogP contribution >= 0.6 is 0 Å². The van der Waals surface area contributed by atoms with Gasteiger partial charge in [0.1, 0.15) is 16.4 Å². The van der Waals surface area contributed by atoms with Gasteiger partial charge in [-0.05, 0) is 62.1 Å². The number of carbonyl (C=O) groups is 2. The molecule has 3 rings (SSSR count). The van der Waals surface area contributed by atoms with E-state index in [4.69, 9.17) is 14.2 Å². The number of carbonyl (C=O) groups excluding carboxylic acids is 2. The summed E-state index contributed by atoms with van der Waals surface area (Å²) in [4.78, 5) is 24.3. The van der Waals surface area contributed by atoms with Crippen LogP contribution in [0.3, 0.4) is 0 Å². The Morgan fingerprint density at radius 2 is 1.71 bits per heavy atom. The first-order valence-electron chi connectivity index (χ1n) is 11.0. The van der Waals surface area contributed by atoms with Gasteiger partial charge in [0.05, 0.1) is 7.11 Å². The first-order valence-corrected chi connectivity index (χ1v) is 12.5. The molecule has 34 heavy (non-hydrogen) atoms. The fourth-order valence-corrected chi connectivity index (χ4v) is 5.28. The lowest BCUT2D eigenvalue weighted by molar-refractivity contribution is -0.149. The maximum atomic E-state index is 13.1. The molecule has 2 aromatic carbocycles. The van der Waals surface area contributed by atoms with Crippen molar-refractivity contribution >= 4 is 27.6 Å². The van der Waals surface area contributed by atoms with Gasteiger partial charge in [0, 0.05) is 18.8 Å². The predicted octanol–water partition coefficient (Wildman–Crippen LogP) is 3.05. The van der Waals surface area contributed by atoms with Crippen molar-refractivity contribution in [2.75, 3.05) is 38.7 Å². The van der Waals surface area contributed by atoms with Crippen LogP contribution in [0.5, 0.6) is 11.5 Å². The van der Waals surface area contributed by atoms with Crippen LogP contribution in [0.15, 0.2) is 41.3 Å². The van der Waals surface area contributed by atoms with E-state index in [1.165, 1.54) is 29.6 Å². The van der Waals surface area contributed by atoms with Crippen LogP contribution in [-0.4, -0.2) is 58.0 Å². The molecule has 1 heterocycles. The summed E-state index contributed by atoms with van der Waals surface area (Å²) in [7, 11) is -2.38. The third kappa shape index (κ3) is 6.48. The van der Waals surface area contributed by atoms with Gasteiger partial charge in [-0.2, -0.15) is 4.31 Å². The highest BCUT2D eigenvalue weighted by Gasteiger charge is 2.29. The van der Waals surface area contributed by atoms with Gasteiger partial charge in [-0.3, -0.25) is 4.79 Å². The molecule has 0 aliphatic carbocycles. The molecule has 2 aromatic rings. The van der Waals surface area contributed by atoms with Gasteiger partial charge in [0.15, 0.2) is 13.2 Å². The molecule has 0 atom stereocenters. The SMILES string of the molecule is COc1ccc(NC(=O)COC(=O)COc2cc(C)ccc2C)cc1S(=O)(=O)N1CCCCC1. The topological polar surface area (TPSA) is 111 Å². The van der Waals surface area contributed by atoms with Gasteiger partial charge in [-0.25, -0.2) is 13.2 Å².